The van der Waals surface area contributed by atoms with E-state index in [1.807, 2.05) is 0 Å². The van der Waals surface area contributed by atoms with Crippen LogP contribution in [-0.4, -0.2) is 50.3 Å². The third-order valence-electron chi connectivity index (χ3n) is 5.14. The molecule has 3 rings (SSSR count). The lowest BCUT2D eigenvalue weighted by atomic mass is 9.82. The molecule has 0 unspecified atom stereocenters. The predicted molar refractivity (Wildman–Crippen MR) is 97.6 cm³/mol. The molecule has 0 aromatic heterocycles. The molecule has 25 heavy (non-hydrogen) atoms. The fourth-order valence-corrected chi connectivity index (χ4v) is 3.54. The summed E-state index contributed by atoms with van der Waals surface area (Å²) in [4.78, 5) is 14.1. The first-order chi connectivity index (χ1) is 12.2. The maximum Gasteiger partial charge on any atom is 0.222 e. The van der Waals surface area contributed by atoms with E-state index in [1.54, 1.807) is 7.11 Å². The Labute approximate surface area is 150 Å². The second kappa shape index (κ2) is 9.20. The molecule has 1 aromatic carbocycles. The molecule has 0 atom stereocenters. The van der Waals surface area contributed by atoms with Crippen LogP contribution in [0.2, 0.25) is 0 Å². The Morgan fingerprint density at radius 3 is 2.60 bits per heavy atom. The van der Waals surface area contributed by atoms with E-state index >= 15 is 0 Å². The number of carbonyl (C=O) groups excluding carboxylic acids is 1. The lowest BCUT2D eigenvalue weighted by molar-refractivity contribution is -0.122. The van der Waals surface area contributed by atoms with Crippen LogP contribution in [0.5, 0.6) is 5.75 Å². The van der Waals surface area contributed by atoms with Gasteiger partial charge >= 0.3 is 0 Å². The van der Waals surface area contributed by atoms with Gasteiger partial charge in [-0.25, -0.2) is 0 Å². The fourth-order valence-electron chi connectivity index (χ4n) is 3.54. The van der Waals surface area contributed by atoms with Gasteiger partial charge in [0.05, 0.1) is 12.7 Å². The van der Waals surface area contributed by atoms with Gasteiger partial charge in [-0.1, -0.05) is 12.1 Å². The van der Waals surface area contributed by atoms with Crippen LogP contribution < -0.4 is 10.1 Å². The van der Waals surface area contributed by atoms with Crippen LogP contribution in [-0.2, 0) is 16.1 Å². The number of likely N-dealkylation sites (tertiary alicyclic amines) is 1. The van der Waals surface area contributed by atoms with Gasteiger partial charge in [0.1, 0.15) is 5.75 Å². The summed E-state index contributed by atoms with van der Waals surface area (Å²) in [5, 5.41) is 2.97. The van der Waals surface area contributed by atoms with Crippen LogP contribution in [0.3, 0.4) is 0 Å². The highest BCUT2D eigenvalue weighted by Crippen LogP contribution is 2.31. The lowest BCUT2D eigenvalue weighted by Gasteiger charge is -2.35. The summed E-state index contributed by atoms with van der Waals surface area (Å²) in [6, 6.07) is 8.54. The van der Waals surface area contributed by atoms with Gasteiger partial charge in [0, 0.05) is 26.6 Å². The molecule has 1 aliphatic carbocycles. The molecule has 138 valence electrons. The Morgan fingerprint density at radius 1 is 1.20 bits per heavy atom. The molecule has 0 radical (unpaired) electrons. The van der Waals surface area contributed by atoms with E-state index in [1.165, 1.54) is 31.5 Å². The molecule has 2 fully saturated rings. The van der Waals surface area contributed by atoms with Crippen molar-refractivity contribution in [2.45, 2.75) is 44.8 Å². The number of benzene rings is 1. The second-order valence-electron chi connectivity index (χ2n) is 7.25. The van der Waals surface area contributed by atoms with Crippen molar-refractivity contribution in [1.29, 1.82) is 0 Å². The minimum atomic E-state index is 0.0693. The molecule has 1 N–H and O–H groups in total. The van der Waals surface area contributed by atoms with Crippen molar-refractivity contribution in [3.8, 4) is 5.75 Å². The van der Waals surface area contributed by atoms with Crippen molar-refractivity contribution in [3.63, 3.8) is 0 Å². The molecule has 1 saturated carbocycles. The van der Waals surface area contributed by atoms with E-state index in [0.29, 0.717) is 18.9 Å². The standard InChI is InChI=1S/C20H30N2O3/c1-24-11-8-20(23)21-14-17-12-19(13-17)25-18-6-4-16(5-7-18)15-22-9-2-3-10-22/h4-7,17,19H,2-3,8-15H2,1H3,(H,21,23). The minimum absolute atomic E-state index is 0.0693. The average Bonchev–Trinajstić information content (AvgIpc) is 3.09. The summed E-state index contributed by atoms with van der Waals surface area (Å²) in [5.41, 5.74) is 1.36. The van der Waals surface area contributed by atoms with Gasteiger partial charge in [-0.3, -0.25) is 9.69 Å². The molecule has 2 aliphatic rings. The number of nitrogens with one attached hydrogen (secondary N) is 1. The maximum atomic E-state index is 11.5. The summed E-state index contributed by atoms with van der Waals surface area (Å²) < 4.78 is 10.9. The molecule has 0 bridgehead atoms. The third kappa shape index (κ3) is 5.72. The van der Waals surface area contributed by atoms with Crippen molar-refractivity contribution < 1.29 is 14.3 Å². The fraction of sp³-hybridized carbons (Fsp3) is 0.650. The van der Waals surface area contributed by atoms with Crippen molar-refractivity contribution in [2.75, 3.05) is 33.4 Å². The first-order valence-electron chi connectivity index (χ1n) is 9.46. The van der Waals surface area contributed by atoms with Crippen LogP contribution in [0.1, 0.15) is 37.7 Å². The predicted octanol–water partition coefficient (Wildman–Crippen LogP) is 2.59. The second-order valence-corrected chi connectivity index (χ2v) is 7.25. The van der Waals surface area contributed by atoms with E-state index in [-0.39, 0.29) is 12.0 Å². The Bertz CT molecular complexity index is 534. The number of rotatable bonds is 9. The summed E-state index contributed by atoms with van der Waals surface area (Å²) in [6.07, 6.45) is 5.41. The normalized spacial score (nSPS) is 23.2. The first kappa shape index (κ1) is 18.2. The SMILES string of the molecule is COCCC(=O)NCC1CC(Oc2ccc(CN3CCCC3)cc2)C1. The smallest absolute Gasteiger partial charge is 0.222 e. The van der Waals surface area contributed by atoms with Gasteiger partial charge in [-0.05, 0) is 62.4 Å². The van der Waals surface area contributed by atoms with E-state index in [0.717, 1.165) is 31.7 Å². The highest BCUT2D eigenvalue weighted by molar-refractivity contribution is 5.75. The van der Waals surface area contributed by atoms with Crippen LogP contribution in [0.15, 0.2) is 24.3 Å². The number of hydrogen-bond acceptors (Lipinski definition) is 4. The van der Waals surface area contributed by atoms with Crippen LogP contribution in [0, 0.1) is 5.92 Å². The van der Waals surface area contributed by atoms with Crippen molar-refractivity contribution in [3.05, 3.63) is 29.8 Å². The Kier molecular flexibility index (Phi) is 6.70. The topological polar surface area (TPSA) is 50.8 Å². The monoisotopic (exact) mass is 346 g/mol. The lowest BCUT2D eigenvalue weighted by Crippen LogP contribution is -2.41. The minimum Gasteiger partial charge on any atom is -0.490 e. The number of ether oxygens (including phenoxy) is 2. The molecule has 1 amide bonds. The molecule has 0 spiro atoms. The molecule has 1 heterocycles. The number of hydrogen-bond donors (Lipinski definition) is 1. The molecule has 5 nitrogen and oxygen atoms in total. The summed E-state index contributed by atoms with van der Waals surface area (Å²) in [6.45, 7) is 4.73. The van der Waals surface area contributed by atoms with Crippen molar-refractivity contribution in [1.82, 2.24) is 10.2 Å². The molecule has 5 heteroatoms. The number of nitrogens with zero attached hydrogens (tertiary/aromatic N) is 1. The molecule has 1 aromatic rings. The Balaban J connectivity index is 1.32. The number of methoxy groups -OCH3 is 1. The van der Waals surface area contributed by atoms with E-state index in [4.69, 9.17) is 9.47 Å². The molecule has 1 aliphatic heterocycles. The van der Waals surface area contributed by atoms with Gasteiger partial charge < -0.3 is 14.8 Å². The molecular weight excluding hydrogens is 316 g/mol. The zero-order valence-electron chi connectivity index (χ0n) is 15.2. The number of carbonyl (C=O) groups is 1. The van der Waals surface area contributed by atoms with E-state index < -0.39 is 0 Å². The summed E-state index contributed by atoms with van der Waals surface area (Å²) in [5.74, 6) is 1.56. The van der Waals surface area contributed by atoms with Gasteiger partial charge in [0.2, 0.25) is 5.91 Å². The van der Waals surface area contributed by atoms with Gasteiger partial charge in [-0.2, -0.15) is 0 Å². The zero-order chi connectivity index (χ0) is 17.5. The highest BCUT2D eigenvalue weighted by Gasteiger charge is 2.30. The Morgan fingerprint density at radius 2 is 1.92 bits per heavy atom. The van der Waals surface area contributed by atoms with E-state index in [2.05, 4.69) is 34.5 Å². The van der Waals surface area contributed by atoms with Gasteiger partial charge in [0.25, 0.3) is 0 Å². The van der Waals surface area contributed by atoms with Gasteiger partial charge in [-0.15, -0.1) is 0 Å². The third-order valence-corrected chi connectivity index (χ3v) is 5.14. The highest BCUT2D eigenvalue weighted by atomic mass is 16.5. The first-order valence-corrected chi connectivity index (χ1v) is 9.46. The average molecular weight is 346 g/mol. The van der Waals surface area contributed by atoms with Crippen LogP contribution in [0.25, 0.3) is 0 Å². The van der Waals surface area contributed by atoms with Crippen molar-refractivity contribution >= 4 is 5.91 Å². The summed E-state index contributed by atoms with van der Waals surface area (Å²) >= 11 is 0. The van der Waals surface area contributed by atoms with E-state index in [9.17, 15) is 4.79 Å². The van der Waals surface area contributed by atoms with Gasteiger partial charge in [0.15, 0.2) is 0 Å². The van der Waals surface area contributed by atoms with Crippen molar-refractivity contribution in [2.24, 2.45) is 5.92 Å². The largest absolute Gasteiger partial charge is 0.490 e. The zero-order valence-corrected chi connectivity index (χ0v) is 15.2. The summed E-state index contributed by atoms with van der Waals surface area (Å²) in [7, 11) is 1.61. The Hall–Kier alpha value is -1.59. The molecular formula is C20H30N2O3. The molecule has 1 saturated heterocycles. The quantitative estimate of drug-likeness (QED) is 0.747. The maximum absolute atomic E-state index is 11.5. The van der Waals surface area contributed by atoms with Crippen LogP contribution in [0.4, 0.5) is 0 Å². The van der Waals surface area contributed by atoms with Crippen LogP contribution >= 0.6 is 0 Å². The number of amides is 1.